The Morgan fingerprint density at radius 3 is 2.81 bits per heavy atom. The molecule has 0 bridgehead atoms. The molecular weight excluding hydrogens is 224 g/mol. The summed E-state index contributed by atoms with van der Waals surface area (Å²) in [5.74, 6) is 0.793. The lowest BCUT2D eigenvalue weighted by Crippen LogP contribution is -2.32. The second-order valence-corrected chi connectivity index (χ2v) is 6.00. The predicted molar refractivity (Wildman–Crippen MR) is 63.4 cm³/mol. The van der Waals surface area contributed by atoms with Crippen LogP contribution in [0.15, 0.2) is 0 Å². The minimum absolute atomic E-state index is 0.132. The fourth-order valence-corrected chi connectivity index (χ4v) is 2.76. The highest BCUT2D eigenvalue weighted by Gasteiger charge is 2.36. The van der Waals surface area contributed by atoms with Crippen LogP contribution in [0.2, 0.25) is 0 Å². The van der Waals surface area contributed by atoms with Crippen molar-refractivity contribution < 1.29 is 0 Å². The maximum atomic E-state index is 6.10. The molecule has 1 heterocycles. The number of tetrazole rings is 1. The Balaban J connectivity index is 2.31. The Labute approximate surface area is 101 Å². The fraction of sp³-hybridized carbons (Fsp3) is 0.909. The van der Waals surface area contributed by atoms with E-state index in [0.717, 1.165) is 12.2 Å². The molecule has 0 spiro atoms. The average molecular weight is 243 g/mol. The van der Waals surface area contributed by atoms with Crippen LogP contribution in [0.3, 0.4) is 0 Å². The van der Waals surface area contributed by atoms with Gasteiger partial charge in [-0.3, -0.25) is 0 Å². The van der Waals surface area contributed by atoms with Gasteiger partial charge in [0.05, 0.1) is 11.4 Å². The molecule has 2 unspecified atom stereocenters. The van der Waals surface area contributed by atoms with Crippen LogP contribution >= 0.6 is 11.6 Å². The highest BCUT2D eigenvalue weighted by atomic mass is 35.5. The molecule has 4 nitrogen and oxygen atoms in total. The summed E-state index contributed by atoms with van der Waals surface area (Å²) in [6.45, 7) is 6.50. The largest absolute Gasteiger partial charge is 0.224 e. The number of rotatable bonds is 2. The standard InChI is InChI=1S/C11H19ClN4/c1-8(12)10-13-14-15-16(10)9-6-4-5-7-11(9,2)3/h8-9H,4-7H2,1-3H3. The Kier molecular flexibility index (Phi) is 3.19. The summed E-state index contributed by atoms with van der Waals surface area (Å²) in [4.78, 5) is 0. The molecule has 0 amide bonds. The molecule has 1 aromatic rings. The summed E-state index contributed by atoms with van der Waals surface area (Å²) in [5, 5.41) is 11.8. The fourth-order valence-electron chi connectivity index (χ4n) is 2.61. The van der Waals surface area contributed by atoms with E-state index in [0.29, 0.717) is 6.04 Å². The van der Waals surface area contributed by atoms with Crippen LogP contribution < -0.4 is 0 Å². The van der Waals surface area contributed by atoms with Crippen LogP contribution in [-0.4, -0.2) is 20.2 Å². The minimum Gasteiger partial charge on any atom is -0.224 e. The van der Waals surface area contributed by atoms with Gasteiger partial charge >= 0.3 is 0 Å². The molecule has 5 heteroatoms. The first kappa shape index (κ1) is 11.8. The minimum atomic E-state index is -0.132. The first-order valence-corrected chi connectivity index (χ1v) is 6.38. The van der Waals surface area contributed by atoms with E-state index < -0.39 is 0 Å². The molecule has 1 fully saturated rings. The Bertz CT molecular complexity index is 359. The highest BCUT2D eigenvalue weighted by Crippen LogP contribution is 2.44. The van der Waals surface area contributed by atoms with E-state index in [1.54, 1.807) is 0 Å². The number of hydrogen-bond acceptors (Lipinski definition) is 3. The molecule has 1 aliphatic rings. The van der Waals surface area contributed by atoms with Crippen LogP contribution in [0, 0.1) is 5.41 Å². The van der Waals surface area contributed by atoms with E-state index in [4.69, 9.17) is 11.6 Å². The van der Waals surface area contributed by atoms with Crippen molar-refractivity contribution in [3.63, 3.8) is 0 Å². The van der Waals surface area contributed by atoms with Crippen molar-refractivity contribution in [1.82, 2.24) is 20.2 Å². The van der Waals surface area contributed by atoms with E-state index >= 15 is 0 Å². The monoisotopic (exact) mass is 242 g/mol. The van der Waals surface area contributed by atoms with Crippen LogP contribution in [-0.2, 0) is 0 Å². The van der Waals surface area contributed by atoms with Gasteiger partial charge < -0.3 is 0 Å². The zero-order chi connectivity index (χ0) is 11.8. The van der Waals surface area contributed by atoms with Crippen molar-refractivity contribution in [1.29, 1.82) is 0 Å². The van der Waals surface area contributed by atoms with Gasteiger partial charge in [-0.15, -0.1) is 16.7 Å². The molecule has 0 radical (unpaired) electrons. The zero-order valence-electron chi connectivity index (χ0n) is 10.1. The van der Waals surface area contributed by atoms with E-state index in [1.165, 1.54) is 19.3 Å². The van der Waals surface area contributed by atoms with Crippen molar-refractivity contribution in [3.05, 3.63) is 5.82 Å². The third-order valence-electron chi connectivity index (χ3n) is 3.62. The molecule has 90 valence electrons. The molecule has 1 aliphatic carbocycles. The van der Waals surface area contributed by atoms with Crippen molar-refractivity contribution in [3.8, 4) is 0 Å². The van der Waals surface area contributed by atoms with Gasteiger partial charge in [-0.25, -0.2) is 4.68 Å². The van der Waals surface area contributed by atoms with Gasteiger partial charge in [-0.05, 0) is 35.6 Å². The maximum Gasteiger partial charge on any atom is 0.169 e. The summed E-state index contributed by atoms with van der Waals surface area (Å²) >= 11 is 6.10. The summed E-state index contributed by atoms with van der Waals surface area (Å²) in [6, 6.07) is 0.382. The molecule has 2 atom stereocenters. The summed E-state index contributed by atoms with van der Waals surface area (Å²) in [5.41, 5.74) is 0.258. The van der Waals surface area contributed by atoms with Gasteiger partial charge in [0.1, 0.15) is 0 Å². The molecule has 1 aromatic heterocycles. The number of aromatic nitrogens is 4. The van der Waals surface area contributed by atoms with Crippen molar-refractivity contribution in [2.45, 2.75) is 57.9 Å². The maximum absolute atomic E-state index is 6.10. The second kappa shape index (κ2) is 4.32. The topological polar surface area (TPSA) is 43.6 Å². The molecule has 16 heavy (non-hydrogen) atoms. The zero-order valence-corrected chi connectivity index (χ0v) is 10.9. The van der Waals surface area contributed by atoms with Crippen LogP contribution in [0.1, 0.15) is 63.7 Å². The number of nitrogens with zero attached hydrogens (tertiary/aromatic N) is 4. The van der Waals surface area contributed by atoms with E-state index in [-0.39, 0.29) is 10.8 Å². The highest BCUT2D eigenvalue weighted by molar-refractivity contribution is 6.20. The third-order valence-corrected chi connectivity index (χ3v) is 3.82. The summed E-state index contributed by atoms with van der Waals surface area (Å²) in [7, 11) is 0. The van der Waals surface area contributed by atoms with E-state index in [1.807, 2.05) is 11.6 Å². The molecule has 0 aliphatic heterocycles. The molecule has 0 aromatic carbocycles. The number of alkyl halides is 1. The van der Waals surface area contributed by atoms with Crippen molar-refractivity contribution in [2.75, 3.05) is 0 Å². The smallest absolute Gasteiger partial charge is 0.169 e. The quantitative estimate of drug-likeness (QED) is 0.749. The average Bonchev–Trinajstić information content (AvgIpc) is 2.65. The van der Waals surface area contributed by atoms with Crippen molar-refractivity contribution >= 4 is 11.6 Å². The number of hydrogen-bond donors (Lipinski definition) is 0. The Morgan fingerprint density at radius 1 is 1.44 bits per heavy atom. The lowest BCUT2D eigenvalue weighted by molar-refractivity contribution is 0.128. The first-order valence-electron chi connectivity index (χ1n) is 5.94. The van der Waals surface area contributed by atoms with Gasteiger partial charge in [0.25, 0.3) is 0 Å². The molecule has 1 saturated carbocycles. The molecule has 0 saturated heterocycles. The third kappa shape index (κ3) is 2.08. The Hall–Kier alpha value is -0.640. The predicted octanol–water partition coefficient (Wildman–Crippen LogP) is 3.11. The van der Waals surface area contributed by atoms with Gasteiger partial charge in [0, 0.05) is 0 Å². The number of halogens is 1. The lowest BCUT2D eigenvalue weighted by Gasteiger charge is -2.38. The molecule has 2 rings (SSSR count). The first-order chi connectivity index (χ1) is 7.52. The van der Waals surface area contributed by atoms with E-state index in [2.05, 4.69) is 29.4 Å². The Morgan fingerprint density at radius 2 is 2.19 bits per heavy atom. The van der Waals surface area contributed by atoms with Gasteiger partial charge in [-0.1, -0.05) is 26.7 Å². The molecule has 0 N–H and O–H groups in total. The van der Waals surface area contributed by atoms with Crippen LogP contribution in [0.25, 0.3) is 0 Å². The molecular formula is C11H19ClN4. The SMILES string of the molecule is CC(Cl)c1nnnn1C1CCCCC1(C)C. The van der Waals surface area contributed by atoms with Crippen LogP contribution in [0.4, 0.5) is 0 Å². The van der Waals surface area contributed by atoms with E-state index in [9.17, 15) is 0 Å². The van der Waals surface area contributed by atoms with Gasteiger partial charge in [-0.2, -0.15) is 0 Å². The van der Waals surface area contributed by atoms with Crippen LogP contribution in [0.5, 0.6) is 0 Å². The van der Waals surface area contributed by atoms with Gasteiger partial charge in [0.15, 0.2) is 5.82 Å². The van der Waals surface area contributed by atoms with Crippen molar-refractivity contribution in [2.24, 2.45) is 5.41 Å². The van der Waals surface area contributed by atoms with Gasteiger partial charge in [0.2, 0.25) is 0 Å². The summed E-state index contributed by atoms with van der Waals surface area (Å²) in [6.07, 6.45) is 4.93. The summed E-state index contributed by atoms with van der Waals surface area (Å²) < 4.78 is 1.94. The lowest BCUT2D eigenvalue weighted by atomic mass is 9.73. The second-order valence-electron chi connectivity index (χ2n) is 5.35. The normalized spacial score (nSPS) is 26.6.